The molecule has 3 heterocycles. The van der Waals surface area contributed by atoms with E-state index in [1.54, 1.807) is 7.11 Å². The fourth-order valence-electron chi connectivity index (χ4n) is 4.43. The van der Waals surface area contributed by atoms with Crippen molar-refractivity contribution in [2.24, 2.45) is 0 Å². The first kappa shape index (κ1) is 19.2. The normalized spacial score (nSPS) is 30.5. The molecule has 1 aromatic rings. The van der Waals surface area contributed by atoms with Gasteiger partial charge in [-0.3, -0.25) is 9.80 Å². The Hall–Kier alpha value is -1.18. The lowest BCUT2D eigenvalue weighted by molar-refractivity contribution is -0.0967. The van der Waals surface area contributed by atoms with Gasteiger partial charge in [-0.25, -0.2) is 0 Å². The van der Waals surface area contributed by atoms with E-state index in [1.807, 2.05) is 12.1 Å². The quantitative estimate of drug-likeness (QED) is 0.781. The molecule has 3 saturated heterocycles. The number of ether oxygens (including phenoxy) is 4. The van der Waals surface area contributed by atoms with Crippen LogP contribution in [0.1, 0.15) is 18.4 Å². The highest BCUT2D eigenvalue weighted by Crippen LogP contribution is 2.34. The standard InChI is InChI=1S/C21H32N2O4/c1-24-19-4-2-18(3-5-19)14-23-10-13-26-17-21(16-23)7-6-20(27-21)15-22-8-11-25-12-9-22/h2-5,20H,6-17H2,1H3/t20-,21-/m0/s1. The van der Waals surface area contributed by atoms with Gasteiger partial charge in [0.15, 0.2) is 0 Å². The summed E-state index contributed by atoms with van der Waals surface area (Å²) in [5.41, 5.74) is 1.15. The molecule has 0 unspecified atom stereocenters. The van der Waals surface area contributed by atoms with Gasteiger partial charge in [-0.2, -0.15) is 0 Å². The van der Waals surface area contributed by atoms with E-state index in [1.165, 1.54) is 5.56 Å². The van der Waals surface area contributed by atoms with E-state index in [9.17, 15) is 0 Å². The summed E-state index contributed by atoms with van der Waals surface area (Å²) in [5, 5.41) is 0. The van der Waals surface area contributed by atoms with Gasteiger partial charge in [0.25, 0.3) is 0 Å². The largest absolute Gasteiger partial charge is 0.497 e. The Morgan fingerprint density at radius 2 is 1.78 bits per heavy atom. The van der Waals surface area contributed by atoms with Crippen molar-refractivity contribution in [3.63, 3.8) is 0 Å². The van der Waals surface area contributed by atoms with Crippen molar-refractivity contribution in [3.8, 4) is 5.75 Å². The number of hydrogen-bond acceptors (Lipinski definition) is 6. The van der Waals surface area contributed by atoms with Crippen molar-refractivity contribution in [2.45, 2.75) is 31.1 Å². The van der Waals surface area contributed by atoms with Gasteiger partial charge in [0.05, 0.1) is 39.6 Å². The van der Waals surface area contributed by atoms with E-state index in [0.717, 1.165) is 77.7 Å². The minimum Gasteiger partial charge on any atom is -0.497 e. The van der Waals surface area contributed by atoms with Crippen molar-refractivity contribution >= 4 is 0 Å². The second-order valence-corrected chi connectivity index (χ2v) is 7.99. The lowest BCUT2D eigenvalue weighted by Crippen LogP contribution is -2.46. The first-order valence-electron chi connectivity index (χ1n) is 10.2. The van der Waals surface area contributed by atoms with E-state index in [0.29, 0.717) is 12.7 Å². The van der Waals surface area contributed by atoms with E-state index >= 15 is 0 Å². The van der Waals surface area contributed by atoms with E-state index < -0.39 is 0 Å². The molecule has 3 aliphatic heterocycles. The lowest BCUT2D eigenvalue weighted by Gasteiger charge is -2.33. The van der Waals surface area contributed by atoms with Gasteiger partial charge in [-0.15, -0.1) is 0 Å². The van der Waals surface area contributed by atoms with Crippen LogP contribution in [0.15, 0.2) is 24.3 Å². The maximum absolute atomic E-state index is 6.61. The molecule has 3 fully saturated rings. The molecule has 0 radical (unpaired) electrons. The molecule has 0 aromatic heterocycles. The van der Waals surface area contributed by atoms with E-state index in [2.05, 4.69) is 21.9 Å². The topological polar surface area (TPSA) is 43.4 Å². The predicted octanol–water partition coefficient (Wildman–Crippen LogP) is 1.78. The Kier molecular flexibility index (Phi) is 6.30. The highest BCUT2D eigenvalue weighted by atomic mass is 16.6. The molecule has 0 amide bonds. The summed E-state index contributed by atoms with van der Waals surface area (Å²) in [6.07, 6.45) is 2.52. The Morgan fingerprint density at radius 1 is 1.04 bits per heavy atom. The van der Waals surface area contributed by atoms with Crippen LogP contribution in [0.2, 0.25) is 0 Å². The van der Waals surface area contributed by atoms with Gasteiger partial charge in [-0.05, 0) is 30.5 Å². The van der Waals surface area contributed by atoms with Crippen LogP contribution in [-0.2, 0) is 20.8 Å². The Balaban J connectivity index is 1.34. The summed E-state index contributed by atoms with van der Waals surface area (Å²) in [6.45, 7) is 9.05. The number of morpholine rings is 1. The highest BCUT2D eigenvalue weighted by Gasteiger charge is 2.43. The third-order valence-corrected chi connectivity index (χ3v) is 5.90. The van der Waals surface area contributed by atoms with Crippen molar-refractivity contribution < 1.29 is 18.9 Å². The Labute approximate surface area is 162 Å². The summed E-state index contributed by atoms with van der Waals surface area (Å²) in [6, 6.07) is 8.36. The van der Waals surface area contributed by atoms with Crippen LogP contribution >= 0.6 is 0 Å². The fourth-order valence-corrected chi connectivity index (χ4v) is 4.43. The van der Waals surface area contributed by atoms with Gasteiger partial charge < -0.3 is 18.9 Å². The summed E-state index contributed by atoms with van der Waals surface area (Å²) in [7, 11) is 1.70. The summed E-state index contributed by atoms with van der Waals surface area (Å²) in [5.74, 6) is 0.902. The molecule has 27 heavy (non-hydrogen) atoms. The van der Waals surface area contributed by atoms with Gasteiger partial charge in [0, 0.05) is 39.3 Å². The average molecular weight is 376 g/mol. The van der Waals surface area contributed by atoms with Crippen LogP contribution in [0, 0.1) is 0 Å². The number of methoxy groups -OCH3 is 1. The molecule has 0 bridgehead atoms. The second kappa shape index (κ2) is 8.88. The minimum absolute atomic E-state index is 0.153. The Morgan fingerprint density at radius 3 is 2.56 bits per heavy atom. The zero-order chi connectivity index (χ0) is 18.5. The van der Waals surface area contributed by atoms with Gasteiger partial charge in [0.1, 0.15) is 11.4 Å². The monoisotopic (exact) mass is 376 g/mol. The SMILES string of the molecule is COc1ccc(CN2CCOC[C@]3(CC[C@@H](CN4CCOCC4)O3)C2)cc1. The third kappa shape index (κ3) is 5.00. The van der Waals surface area contributed by atoms with Crippen molar-refractivity contribution in [3.05, 3.63) is 29.8 Å². The third-order valence-electron chi connectivity index (χ3n) is 5.90. The average Bonchev–Trinajstić information content (AvgIpc) is 2.97. The van der Waals surface area contributed by atoms with E-state index in [4.69, 9.17) is 18.9 Å². The smallest absolute Gasteiger partial charge is 0.118 e. The molecule has 6 heteroatoms. The molecule has 2 atom stereocenters. The zero-order valence-corrected chi connectivity index (χ0v) is 16.4. The summed E-state index contributed by atoms with van der Waals surface area (Å²) in [4.78, 5) is 4.95. The molecule has 1 spiro atoms. The number of rotatable bonds is 5. The van der Waals surface area contributed by atoms with Gasteiger partial charge in [0.2, 0.25) is 0 Å². The number of benzene rings is 1. The highest BCUT2D eigenvalue weighted by molar-refractivity contribution is 5.27. The molecule has 1 aromatic carbocycles. The second-order valence-electron chi connectivity index (χ2n) is 7.99. The summed E-state index contributed by atoms with van der Waals surface area (Å²) < 4.78 is 23.3. The van der Waals surface area contributed by atoms with E-state index in [-0.39, 0.29) is 5.60 Å². The maximum Gasteiger partial charge on any atom is 0.118 e. The van der Waals surface area contributed by atoms with Crippen LogP contribution in [0.3, 0.4) is 0 Å². The first-order valence-corrected chi connectivity index (χ1v) is 10.2. The number of hydrogen-bond donors (Lipinski definition) is 0. The lowest BCUT2D eigenvalue weighted by atomic mass is 9.99. The molecule has 0 saturated carbocycles. The fraction of sp³-hybridized carbons (Fsp3) is 0.714. The molecular weight excluding hydrogens is 344 g/mol. The molecule has 3 aliphatic rings. The molecular formula is C21H32N2O4. The van der Waals surface area contributed by atoms with Crippen molar-refractivity contribution in [1.82, 2.24) is 9.80 Å². The minimum atomic E-state index is -0.153. The van der Waals surface area contributed by atoms with Crippen LogP contribution in [0.4, 0.5) is 0 Å². The van der Waals surface area contributed by atoms with Crippen LogP contribution in [0.25, 0.3) is 0 Å². The van der Waals surface area contributed by atoms with Crippen LogP contribution in [-0.4, -0.2) is 87.8 Å². The predicted molar refractivity (Wildman–Crippen MR) is 103 cm³/mol. The molecule has 6 nitrogen and oxygen atoms in total. The molecule has 4 rings (SSSR count). The van der Waals surface area contributed by atoms with Crippen LogP contribution in [0.5, 0.6) is 5.75 Å². The van der Waals surface area contributed by atoms with Crippen molar-refractivity contribution in [2.75, 3.05) is 66.3 Å². The summed E-state index contributed by atoms with van der Waals surface area (Å²) >= 11 is 0. The van der Waals surface area contributed by atoms with Crippen molar-refractivity contribution in [1.29, 1.82) is 0 Å². The molecule has 0 aliphatic carbocycles. The molecule has 0 N–H and O–H groups in total. The van der Waals surface area contributed by atoms with Gasteiger partial charge in [-0.1, -0.05) is 12.1 Å². The number of nitrogens with zero attached hydrogens (tertiary/aromatic N) is 2. The zero-order valence-electron chi connectivity index (χ0n) is 16.4. The van der Waals surface area contributed by atoms with Crippen LogP contribution < -0.4 is 4.74 Å². The Bertz CT molecular complexity index is 590. The maximum atomic E-state index is 6.61. The van der Waals surface area contributed by atoms with Gasteiger partial charge >= 0.3 is 0 Å². The molecule has 150 valence electrons. The first-order chi connectivity index (χ1) is 13.2.